The lowest BCUT2D eigenvalue weighted by Crippen LogP contribution is -2.40. The number of halogens is 1. The average Bonchev–Trinajstić information content (AvgIpc) is 2.90. The van der Waals surface area contributed by atoms with E-state index in [-0.39, 0.29) is 23.4 Å². The quantitative estimate of drug-likeness (QED) is 0.140. The summed E-state index contributed by atoms with van der Waals surface area (Å²) in [4.78, 5) is 13.2. The van der Waals surface area contributed by atoms with Crippen molar-refractivity contribution in [2.45, 2.75) is 104 Å². The Kier molecular flexibility index (Phi) is 10.3. The zero-order chi connectivity index (χ0) is 25.3. The topological polar surface area (TPSA) is 35.5 Å². The molecule has 0 amide bonds. The summed E-state index contributed by atoms with van der Waals surface area (Å²) in [5.74, 6) is 3.55. The first-order valence-corrected chi connectivity index (χ1v) is 14.8. The van der Waals surface area contributed by atoms with Crippen molar-refractivity contribution >= 4 is 5.97 Å². The van der Waals surface area contributed by atoms with Gasteiger partial charge in [-0.25, -0.2) is 4.39 Å². The molecule has 0 aromatic heterocycles. The summed E-state index contributed by atoms with van der Waals surface area (Å²) in [7, 11) is 0. The number of hydrogen-bond acceptors (Lipinski definition) is 3. The molecule has 4 unspecified atom stereocenters. The summed E-state index contributed by atoms with van der Waals surface area (Å²) in [6.45, 7) is 4.51. The maximum absolute atomic E-state index is 14.4. The molecule has 4 rings (SSSR count). The predicted molar refractivity (Wildman–Crippen MR) is 144 cm³/mol. The first-order chi connectivity index (χ1) is 17.6. The van der Waals surface area contributed by atoms with Crippen molar-refractivity contribution in [1.82, 2.24) is 0 Å². The number of hydrogen-bond donors (Lipinski definition) is 0. The molecule has 3 aliphatic carbocycles. The molecule has 1 aromatic carbocycles. The van der Waals surface area contributed by atoms with Crippen molar-refractivity contribution in [3.8, 4) is 11.5 Å². The van der Waals surface area contributed by atoms with Gasteiger partial charge >= 0.3 is 5.97 Å². The number of rotatable bonds is 10. The number of carbonyl (C=O) groups excluding carboxylic acids is 1. The molecule has 0 heterocycles. The fraction of sp³-hybridized carbons (Fsp3) is 0.719. The number of allylic oxidation sites excluding steroid dienone is 1. The second-order valence-corrected chi connectivity index (χ2v) is 11.7. The molecule has 3 saturated carbocycles. The van der Waals surface area contributed by atoms with E-state index in [0.717, 1.165) is 37.0 Å². The number of carbonyl (C=O) groups is 1. The lowest BCUT2D eigenvalue weighted by molar-refractivity contribution is -0.144. The van der Waals surface area contributed by atoms with E-state index in [0.29, 0.717) is 18.4 Å². The normalized spacial score (nSPS) is 30.6. The molecule has 3 aliphatic rings. The van der Waals surface area contributed by atoms with Crippen LogP contribution in [0.3, 0.4) is 0 Å². The highest BCUT2D eigenvalue weighted by Crippen LogP contribution is 2.50. The molecule has 0 saturated heterocycles. The van der Waals surface area contributed by atoms with Gasteiger partial charge in [0.2, 0.25) is 0 Å². The van der Waals surface area contributed by atoms with Gasteiger partial charge in [0.05, 0.1) is 5.92 Å². The highest BCUT2D eigenvalue weighted by atomic mass is 19.1. The van der Waals surface area contributed by atoms with Gasteiger partial charge in [0.25, 0.3) is 0 Å². The third-order valence-electron chi connectivity index (χ3n) is 9.46. The van der Waals surface area contributed by atoms with Gasteiger partial charge in [-0.1, -0.05) is 70.4 Å². The molecular formula is C32H47FO3. The van der Waals surface area contributed by atoms with Crippen molar-refractivity contribution in [2.75, 3.05) is 6.61 Å². The lowest BCUT2D eigenvalue weighted by Gasteiger charge is -2.46. The van der Waals surface area contributed by atoms with Gasteiger partial charge in [-0.15, -0.1) is 0 Å². The van der Waals surface area contributed by atoms with Gasteiger partial charge < -0.3 is 9.47 Å². The Bertz CT molecular complexity index is 857. The standard InChI is InChI=1S/C32H47FO3/c1-3-5-7-9-23-12-14-24(15-13-23)25-16-18-28-26(21-25)10-8-11-29(28)32(34)36-27-17-19-31(30(33)22-27)35-20-6-4-2/h4,6,17,19,22-26,28-29H,3,5,7-16,18,20-21H2,1-2H3/b6-4+. The third kappa shape index (κ3) is 7.13. The number of fused-ring (bicyclic) bond motifs is 1. The Hall–Kier alpha value is -1.84. The zero-order valence-corrected chi connectivity index (χ0v) is 22.6. The second-order valence-electron chi connectivity index (χ2n) is 11.7. The van der Waals surface area contributed by atoms with Crippen LogP contribution < -0.4 is 9.47 Å². The Morgan fingerprint density at radius 2 is 1.81 bits per heavy atom. The summed E-state index contributed by atoms with van der Waals surface area (Å²) in [5.41, 5.74) is 0. The van der Waals surface area contributed by atoms with Crippen LogP contribution in [0.1, 0.15) is 104 Å². The molecule has 4 heteroatoms. The predicted octanol–water partition coefficient (Wildman–Crippen LogP) is 8.91. The summed E-state index contributed by atoms with van der Waals surface area (Å²) in [6.07, 6.45) is 21.9. The summed E-state index contributed by atoms with van der Waals surface area (Å²) in [5, 5.41) is 0. The van der Waals surface area contributed by atoms with Crippen LogP contribution in [0.15, 0.2) is 30.4 Å². The van der Waals surface area contributed by atoms with E-state index in [2.05, 4.69) is 6.92 Å². The Balaban J connectivity index is 1.27. The van der Waals surface area contributed by atoms with Gasteiger partial charge in [0.15, 0.2) is 11.6 Å². The molecular weight excluding hydrogens is 451 g/mol. The summed E-state index contributed by atoms with van der Waals surface area (Å²) < 4.78 is 25.5. The molecule has 0 radical (unpaired) electrons. The van der Waals surface area contributed by atoms with E-state index in [1.807, 2.05) is 19.1 Å². The highest BCUT2D eigenvalue weighted by molar-refractivity contribution is 5.75. The van der Waals surface area contributed by atoms with Gasteiger partial charge in [-0.3, -0.25) is 4.79 Å². The van der Waals surface area contributed by atoms with Crippen molar-refractivity contribution < 1.29 is 18.7 Å². The Labute approximate surface area is 218 Å². The van der Waals surface area contributed by atoms with E-state index in [9.17, 15) is 9.18 Å². The van der Waals surface area contributed by atoms with Crippen LogP contribution in [0.2, 0.25) is 0 Å². The van der Waals surface area contributed by atoms with Crippen LogP contribution in [0.4, 0.5) is 4.39 Å². The Morgan fingerprint density at radius 1 is 1.00 bits per heavy atom. The molecule has 1 aromatic rings. The second kappa shape index (κ2) is 13.6. The molecule has 0 N–H and O–H groups in total. The van der Waals surface area contributed by atoms with Gasteiger partial charge in [0, 0.05) is 6.07 Å². The molecule has 3 fully saturated rings. The van der Waals surface area contributed by atoms with Crippen LogP contribution in [0, 0.1) is 41.3 Å². The van der Waals surface area contributed by atoms with Gasteiger partial charge in [0.1, 0.15) is 12.4 Å². The first-order valence-electron chi connectivity index (χ1n) is 14.8. The maximum atomic E-state index is 14.4. The van der Waals surface area contributed by atoms with E-state index < -0.39 is 5.82 Å². The third-order valence-corrected chi connectivity index (χ3v) is 9.46. The van der Waals surface area contributed by atoms with Crippen LogP contribution in [-0.2, 0) is 4.79 Å². The van der Waals surface area contributed by atoms with Crippen molar-refractivity contribution in [2.24, 2.45) is 35.5 Å². The van der Waals surface area contributed by atoms with Crippen LogP contribution in [0.5, 0.6) is 11.5 Å². The van der Waals surface area contributed by atoms with E-state index in [1.54, 1.807) is 12.1 Å². The molecule has 36 heavy (non-hydrogen) atoms. The molecule has 3 nitrogen and oxygen atoms in total. The van der Waals surface area contributed by atoms with Crippen LogP contribution in [-0.4, -0.2) is 12.6 Å². The number of unbranched alkanes of at least 4 members (excludes halogenated alkanes) is 2. The van der Waals surface area contributed by atoms with Crippen molar-refractivity contribution in [1.29, 1.82) is 0 Å². The fourth-order valence-corrected chi connectivity index (χ4v) is 7.44. The molecule has 0 bridgehead atoms. The van der Waals surface area contributed by atoms with Gasteiger partial charge in [-0.2, -0.15) is 0 Å². The molecule has 0 spiro atoms. The minimum Gasteiger partial charge on any atom is -0.486 e. The number of esters is 1. The fourth-order valence-electron chi connectivity index (χ4n) is 7.44. The van der Waals surface area contributed by atoms with Crippen LogP contribution >= 0.6 is 0 Å². The van der Waals surface area contributed by atoms with Gasteiger partial charge in [-0.05, 0) is 87.2 Å². The minimum absolute atomic E-state index is 0.0484. The summed E-state index contributed by atoms with van der Waals surface area (Å²) in [6, 6.07) is 4.47. The van der Waals surface area contributed by atoms with E-state index in [4.69, 9.17) is 9.47 Å². The summed E-state index contributed by atoms with van der Waals surface area (Å²) >= 11 is 0. The monoisotopic (exact) mass is 498 g/mol. The van der Waals surface area contributed by atoms with E-state index in [1.165, 1.54) is 76.7 Å². The number of ether oxygens (including phenoxy) is 2. The maximum Gasteiger partial charge on any atom is 0.314 e. The van der Waals surface area contributed by atoms with E-state index >= 15 is 0 Å². The Morgan fingerprint density at radius 3 is 2.56 bits per heavy atom. The van der Waals surface area contributed by atoms with Crippen LogP contribution in [0.25, 0.3) is 0 Å². The first kappa shape index (κ1) is 27.2. The number of benzene rings is 1. The molecule has 0 aliphatic heterocycles. The van der Waals surface area contributed by atoms with Crippen molar-refractivity contribution in [3.63, 3.8) is 0 Å². The SMILES string of the molecule is C/C=C/COc1ccc(OC(=O)C2CCCC3CC(C4CCC(CCCCC)CC4)CCC32)cc1F. The zero-order valence-electron chi connectivity index (χ0n) is 22.6. The minimum atomic E-state index is -0.494. The lowest BCUT2D eigenvalue weighted by atomic mass is 9.59. The van der Waals surface area contributed by atoms with Crippen molar-refractivity contribution in [3.05, 3.63) is 36.2 Å². The molecule has 4 atom stereocenters. The molecule has 200 valence electrons. The highest BCUT2D eigenvalue weighted by Gasteiger charge is 2.43. The largest absolute Gasteiger partial charge is 0.486 e. The average molecular weight is 499 g/mol. The smallest absolute Gasteiger partial charge is 0.314 e.